The molecule has 1 atom stereocenters. The average Bonchev–Trinajstić information content (AvgIpc) is 3.30. The molecule has 0 fully saturated rings. The lowest BCUT2D eigenvalue weighted by Gasteiger charge is -2.17. The number of carbonyl (C=O) groups is 1. The fourth-order valence-electron chi connectivity index (χ4n) is 2.37. The Bertz CT molecular complexity index is 693. The van der Waals surface area contributed by atoms with E-state index in [1.165, 1.54) is 0 Å². The molecule has 3 rings (SSSR count). The maximum absolute atomic E-state index is 12.0. The van der Waals surface area contributed by atoms with Gasteiger partial charge in [0.05, 0.1) is 6.61 Å². The number of nitrogens with zero attached hydrogens (tertiary/aromatic N) is 2. The number of ether oxygens (including phenoxy) is 1. The molecular formula is C18H19N3O2S. The minimum absolute atomic E-state index is 0.00178. The molecule has 0 aliphatic carbocycles. The largest absolute Gasteiger partial charge is 0.367 e. The van der Waals surface area contributed by atoms with Crippen LogP contribution in [0.4, 0.5) is 0 Å². The van der Waals surface area contributed by atoms with Crippen LogP contribution >= 0.6 is 11.3 Å². The number of thiophene rings is 1. The summed E-state index contributed by atoms with van der Waals surface area (Å²) in [7, 11) is 0. The number of nitrogens with one attached hydrogen (secondary N) is 1. The third-order valence-electron chi connectivity index (χ3n) is 3.55. The van der Waals surface area contributed by atoms with Crippen molar-refractivity contribution in [2.75, 3.05) is 13.2 Å². The molecule has 2 aromatic heterocycles. The average molecular weight is 341 g/mol. The maximum Gasteiger partial charge on any atom is 0.246 e. The van der Waals surface area contributed by atoms with Crippen LogP contribution in [0.15, 0.2) is 66.3 Å². The highest BCUT2D eigenvalue weighted by Gasteiger charge is 2.16. The number of hydrogen-bond acceptors (Lipinski definition) is 4. The van der Waals surface area contributed by atoms with Crippen LogP contribution in [0, 0.1) is 0 Å². The fourth-order valence-corrected chi connectivity index (χ4v) is 3.19. The molecule has 0 aliphatic heterocycles. The van der Waals surface area contributed by atoms with E-state index in [0.29, 0.717) is 13.2 Å². The first-order valence-corrected chi connectivity index (χ1v) is 8.62. The van der Waals surface area contributed by atoms with Gasteiger partial charge in [-0.2, -0.15) is 5.10 Å². The summed E-state index contributed by atoms with van der Waals surface area (Å²) in [4.78, 5) is 13.2. The van der Waals surface area contributed by atoms with E-state index >= 15 is 0 Å². The highest BCUT2D eigenvalue weighted by atomic mass is 32.1. The van der Waals surface area contributed by atoms with Crippen molar-refractivity contribution in [3.05, 3.63) is 76.7 Å². The summed E-state index contributed by atoms with van der Waals surface area (Å²) in [5, 5.41) is 9.25. The van der Waals surface area contributed by atoms with Crippen LogP contribution in [0.2, 0.25) is 0 Å². The Hall–Kier alpha value is -2.44. The molecule has 1 N–H and O–H groups in total. The molecule has 1 aromatic carbocycles. The van der Waals surface area contributed by atoms with Gasteiger partial charge in [-0.25, -0.2) is 0 Å². The molecule has 0 saturated carbocycles. The Morgan fingerprint density at radius 3 is 2.79 bits per heavy atom. The van der Waals surface area contributed by atoms with Gasteiger partial charge in [0.25, 0.3) is 0 Å². The maximum atomic E-state index is 12.0. The normalized spacial score (nSPS) is 12.0. The molecule has 0 spiro atoms. The zero-order valence-electron chi connectivity index (χ0n) is 13.2. The Morgan fingerprint density at radius 1 is 1.21 bits per heavy atom. The summed E-state index contributed by atoms with van der Waals surface area (Å²) in [5.41, 5.74) is 1.05. The van der Waals surface area contributed by atoms with E-state index in [-0.39, 0.29) is 18.6 Å². The third-order valence-corrected chi connectivity index (χ3v) is 4.53. The van der Waals surface area contributed by atoms with Crippen molar-refractivity contribution in [2.24, 2.45) is 0 Å². The van der Waals surface area contributed by atoms with Gasteiger partial charge in [0.15, 0.2) is 0 Å². The molecular weight excluding hydrogens is 322 g/mol. The van der Waals surface area contributed by atoms with E-state index in [2.05, 4.69) is 16.5 Å². The van der Waals surface area contributed by atoms with Gasteiger partial charge in [-0.15, -0.1) is 11.3 Å². The monoisotopic (exact) mass is 341 g/mol. The van der Waals surface area contributed by atoms with Crippen molar-refractivity contribution < 1.29 is 9.53 Å². The summed E-state index contributed by atoms with van der Waals surface area (Å²) < 4.78 is 7.32. The van der Waals surface area contributed by atoms with Crippen LogP contribution in [-0.4, -0.2) is 28.8 Å². The molecule has 124 valence electrons. The van der Waals surface area contributed by atoms with Crippen LogP contribution in [0.3, 0.4) is 0 Å². The van der Waals surface area contributed by atoms with E-state index in [4.69, 9.17) is 4.74 Å². The topological polar surface area (TPSA) is 56.1 Å². The van der Waals surface area contributed by atoms with Gasteiger partial charge in [-0.1, -0.05) is 36.4 Å². The van der Waals surface area contributed by atoms with E-state index in [0.717, 1.165) is 10.4 Å². The Kier molecular flexibility index (Phi) is 5.76. The highest BCUT2D eigenvalue weighted by Crippen LogP contribution is 2.21. The number of rotatable bonds is 8. The van der Waals surface area contributed by atoms with Gasteiger partial charge in [-0.05, 0) is 23.1 Å². The van der Waals surface area contributed by atoms with Crippen LogP contribution < -0.4 is 5.32 Å². The summed E-state index contributed by atoms with van der Waals surface area (Å²) in [6.45, 7) is 0.961. The first kappa shape index (κ1) is 16.4. The van der Waals surface area contributed by atoms with Crippen LogP contribution in [0.25, 0.3) is 0 Å². The number of benzene rings is 1. The summed E-state index contributed by atoms with van der Waals surface area (Å²) in [6, 6.07) is 15.7. The van der Waals surface area contributed by atoms with Gasteiger partial charge in [0.2, 0.25) is 5.91 Å². The molecule has 1 amide bonds. The van der Waals surface area contributed by atoms with Crippen molar-refractivity contribution >= 4 is 17.2 Å². The minimum atomic E-state index is -0.125. The SMILES string of the molecule is O=C(COCc1ccccc1)NCC(c1cccs1)n1cccn1. The number of carbonyl (C=O) groups excluding carboxylic acids is 1. The quantitative estimate of drug-likeness (QED) is 0.685. The minimum Gasteiger partial charge on any atom is -0.367 e. The lowest BCUT2D eigenvalue weighted by atomic mass is 10.2. The molecule has 0 bridgehead atoms. The number of amides is 1. The summed E-state index contributed by atoms with van der Waals surface area (Å²) >= 11 is 1.65. The van der Waals surface area contributed by atoms with Gasteiger partial charge in [0, 0.05) is 23.8 Å². The van der Waals surface area contributed by atoms with Gasteiger partial charge in [0.1, 0.15) is 12.6 Å². The van der Waals surface area contributed by atoms with Crippen molar-refractivity contribution in [1.82, 2.24) is 15.1 Å². The lowest BCUT2D eigenvalue weighted by molar-refractivity contribution is -0.126. The Morgan fingerprint density at radius 2 is 2.08 bits per heavy atom. The zero-order chi connectivity index (χ0) is 16.6. The van der Waals surface area contributed by atoms with Crippen molar-refractivity contribution in [3.8, 4) is 0 Å². The molecule has 24 heavy (non-hydrogen) atoms. The predicted molar refractivity (Wildman–Crippen MR) is 93.8 cm³/mol. The number of hydrogen-bond donors (Lipinski definition) is 1. The first-order chi connectivity index (χ1) is 11.8. The summed E-state index contributed by atoms with van der Waals surface area (Å²) in [6.07, 6.45) is 3.65. The van der Waals surface area contributed by atoms with Crippen molar-refractivity contribution in [2.45, 2.75) is 12.6 Å². The Balaban J connectivity index is 1.49. The van der Waals surface area contributed by atoms with Crippen molar-refractivity contribution in [3.63, 3.8) is 0 Å². The van der Waals surface area contributed by atoms with E-state index in [1.54, 1.807) is 17.5 Å². The molecule has 6 heteroatoms. The molecule has 5 nitrogen and oxygen atoms in total. The van der Waals surface area contributed by atoms with E-state index in [1.807, 2.05) is 58.7 Å². The fraction of sp³-hybridized carbons (Fsp3) is 0.222. The molecule has 3 aromatic rings. The van der Waals surface area contributed by atoms with Crippen LogP contribution in [-0.2, 0) is 16.1 Å². The van der Waals surface area contributed by atoms with Gasteiger partial charge >= 0.3 is 0 Å². The zero-order valence-corrected chi connectivity index (χ0v) is 14.0. The van der Waals surface area contributed by atoms with Gasteiger partial charge in [-0.3, -0.25) is 9.48 Å². The van der Waals surface area contributed by atoms with Crippen LogP contribution in [0.5, 0.6) is 0 Å². The third kappa shape index (κ3) is 4.53. The van der Waals surface area contributed by atoms with Gasteiger partial charge < -0.3 is 10.1 Å². The molecule has 0 radical (unpaired) electrons. The molecule has 2 heterocycles. The Labute approximate surface area is 144 Å². The molecule has 1 unspecified atom stereocenters. The van der Waals surface area contributed by atoms with E-state index < -0.39 is 0 Å². The molecule has 0 aliphatic rings. The predicted octanol–water partition coefficient (Wildman–Crippen LogP) is 2.87. The van der Waals surface area contributed by atoms with E-state index in [9.17, 15) is 4.79 Å². The van der Waals surface area contributed by atoms with Crippen LogP contribution in [0.1, 0.15) is 16.5 Å². The second kappa shape index (κ2) is 8.42. The summed E-state index contributed by atoms with van der Waals surface area (Å²) in [5.74, 6) is -0.125. The molecule has 0 saturated heterocycles. The smallest absolute Gasteiger partial charge is 0.246 e. The first-order valence-electron chi connectivity index (χ1n) is 7.74. The van der Waals surface area contributed by atoms with Crippen molar-refractivity contribution in [1.29, 1.82) is 0 Å². The standard InChI is InChI=1S/C18H19N3O2S/c22-18(14-23-13-15-6-2-1-3-7-15)19-12-16(17-8-4-11-24-17)21-10-5-9-20-21/h1-11,16H,12-14H2,(H,19,22). The second-order valence-electron chi connectivity index (χ2n) is 5.30. The lowest BCUT2D eigenvalue weighted by Crippen LogP contribution is -2.33. The second-order valence-corrected chi connectivity index (χ2v) is 6.28. The number of aromatic nitrogens is 2. The highest BCUT2D eigenvalue weighted by molar-refractivity contribution is 7.10.